The first-order chi connectivity index (χ1) is 11.6. The third kappa shape index (κ3) is 3.19. The summed E-state index contributed by atoms with van der Waals surface area (Å²) in [5.41, 5.74) is 1.08. The largest absolute Gasteiger partial charge is 0.451 e. The maximum Gasteiger partial charge on any atom is 0.227 e. The first-order valence-corrected chi connectivity index (χ1v) is 8.09. The lowest BCUT2D eigenvalue weighted by molar-refractivity contribution is -0.121. The molecule has 0 radical (unpaired) electrons. The Labute approximate surface area is 141 Å². The van der Waals surface area contributed by atoms with Crippen LogP contribution in [0.1, 0.15) is 30.3 Å². The fourth-order valence-corrected chi connectivity index (χ4v) is 3.13. The lowest BCUT2D eigenvalue weighted by Crippen LogP contribution is -2.38. The van der Waals surface area contributed by atoms with Crippen LogP contribution in [-0.2, 0) is 4.79 Å². The molecule has 2 aromatic rings. The summed E-state index contributed by atoms with van der Waals surface area (Å²) in [5.74, 6) is 2.49. The normalized spacial score (nSPS) is 16.0. The number of carbonyl (C=O) groups excluding carboxylic acids is 2. The highest BCUT2D eigenvalue weighted by atomic mass is 16.3. The van der Waals surface area contributed by atoms with E-state index in [2.05, 4.69) is 16.1 Å². The van der Waals surface area contributed by atoms with Gasteiger partial charge in [-0.25, -0.2) is 0 Å². The number of terminal acetylenes is 1. The molecule has 3 rings (SSSR count). The predicted molar refractivity (Wildman–Crippen MR) is 92.8 cm³/mol. The van der Waals surface area contributed by atoms with Gasteiger partial charge in [0.1, 0.15) is 5.58 Å². The Kier molecular flexibility index (Phi) is 4.68. The number of piperidine rings is 1. The Hall–Kier alpha value is -2.58. The standard InChI is InChI=1S/C19H20N2O3/c1-3-10-21-11-8-14(9-12-21)19(23)20-17-15-6-4-5-7-16(15)24-18(17)13(2)22/h1,4-7,14H,8-12H2,2H3,(H,20,23). The fourth-order valence-electron chi connectivity index (χ4n) is 3.13. The monoisotopic (exact) mass is 324 g/mol. The third-order valence-corrected chi connectivity index (χ3v) is 4.44. The van der Waals surface area contributed by atoms with E-state index in [0.29, 0.717) is 17.8 Å². The van der Waals surface area contributed by atoms with Crippen molar-refractivity contribution in [1.29, 1.82) is 0 Å². The van der Waals surface area contributed by atoms with E-state index < -0.39 is 0 Å². The van der Waals surface area contributed by atoms with Crippen molar-refractivity contribution < 1.29 is 14.0 Å². The van der Waals surface area contributed by atoms with Crippen LogP contribution in [0.25, 0.3) is 11.0 Å². The molecule has 0 spiro atoms. The van der Waals surface area contributed by atoms with Gasteiger partial charge in [-0.2, -0.15) is 0 Å². The Morgan fingerprint density at radius 3 is 2.71 bits per heavy atom. The summed E-state index contributed by atoms with van der Waals surface area (Å²) in [7, 11) is 0. The summed E-state index contributed by atoms with van der Waals surface area (Å²) in [6.07, 6.45) is 6.85. The number of rotatable bonds is 4. The maximum absolute atomic E-state index is 12.6. The number of anilines is 1. The Morgan fingerprint density at radius 2 is 2.04 bits per heavy atom. The Morgan fingerprint density at radius 1 is 1.33 bits per heavy atom. The molecular formula is C19H20N2O3. The molecule has 2 heterocycles. The van der Waals surface area contributed by atoms with Gasteiger partial charge in [0.25, 0.3) is 0 Å². The third-order valence-electron chi connectivity index (χ3n) is 4.44. The molecule has 1 aromatic heterocycles. The van der Waals surface area contributed by atoms with Crippen LogP contribution in [0.15, 0.2) is 28.7 Å². The van der Waals surface area contributed by atoms with E-state index in [-0.39, 0.29) is 23.4 Å². The van der Waals surface area contributed by atoms with Gasteiger partial charge in [-0.05, 0) is 38.1 Å². The number of furan rings is 1. The molecule has 0 saturated carbocycles. The summed E-state index contributed by atoms with van der Waals surface area (Å²) < 4.78 is 5.60. The molecule has 0 bridgehead atoms. The summed E-state index contributed by atoms with van der Waals surface area (Å²) >= 11 is 0. The van der Waals surface area contributed by atoms with Crippen LogP contribution < -0.4 is 5.32 Å². The first-order valence-electron chi connectivity index (χ1n) is 8.09. The van der Waals surface area contributed by atoms with E-state index in [9.17, 15) is 9.59 Å². The fraction of sp³-hybridized carbons (Fsp3) is 0.368. The first kappa shape index (κ1) is 16.3. The molecule has 0 atom stereocenters. The van der Waals surface area contributed by atoms with E-state index in [0.717, 1.165) is 31.3 Å². The SMILES string of the molecule is C#CCN1CCC(C(=O)Nc2c(C(C)=O)oc3ccccc23)CC1. The number of hydrogen-bond acceptors (Lipinski definition) is 4. The number of fused-ring (bicyclic) bond motifs is 1. The lowest BCUT2D eigenvalue weighted by atomic mass is 9.95. The number of nitrogens with zero attached hydrogens (tertiary/aromatic N) is 1. The van der Waals surface area contributed by atoms with Crippen molar-refractivity contribution >= 4 is 28.3 Å². The Bertz CT molecular complexity index is 808. The van der Waals surface area contributed by atoms with Gasteiger partial charge >= 0.3 is 0 Å². The average Bonchev–Trinajstić information content (AvgIpc) is 2.95. The second kappa shape index (κ2) is 6.90. The number of Topliss-reactive ketones (excluding diaryl/α,β-unsaturated/α-hetero) is 1. The van der Waals surface area contributed by atoms with Gasteiger partial charge in [0.15, 0.2) is 11.5 Å². The molecule has 1 saturated heterocycles. The lowest BCUT2D eigenvalue weighted by Gasteiger charge is -2.29. The summed E-state index contributed by atoms with van der Waals surface area (Å²) in [6.45, 7) is 3.68. The van der Waals surface area contributed by atoms with Gasteiger partial charge in [0.05, 0.1) is 12.2 Å². The number of amides is 1. The van der Waals surface area contributed by atoms with Crippen molar-refractivity contribution in [2.24, 2.45) is 5.92 Å². The molecule has 124 valence electrons. The molecule has 5 nitrogen and oxygen atoms in total. The Balaban J connectivity index is 1.78. The number of ketones is 1. The highest BCUT2D eigenvalue weighted by Crippen LogP contribution is 2.32. The zero-order chi connectivity index (χ0) is 17.1. The minimum atomic E-state index is -0.203. The van der Waals surface area contributed by atoms with Crippen LogP contribution in [0.4, 0.5) is 5.69 Å². The van der Waals surface area contributed by atoms with Crippen molar-refractivity contribution in [1.82, 2.24) is 4.90 Å². The van der Waals surface area contributed by atoms with Crippen LogP contribution in [-0.4, -0.2) is 36.2 Å². The second-order valence-electron chi connectivity index (χ2n) is 6.10. The quantitative estimate of drug-likeness (QED) is 0.694. The average molecular weight is 324 g/mol. The maximum atomic E-state index is 12.6. The molecule has 5 heteroatoms. The number of carbonyl (C=O) groups is 2. The molecule has 1 amide bonds. The summed E-state index contributed by atoms with van der Waals surface area (Å²) in [4.78, 5) is 26.6. The number of para-hydroxylation sites is 1. The molecular weight excluding hydrogens is 304 g/mol. The predicted octanol–water partition coefficient (Wildman–Crippen LogP) is 2.92. The van der Waals surface area contributed by atoms with Crippen LogP contribution in [0, 0.1) is 18.3 Å². The highest BCUT2D eigenvalue weighted by Gasteiger charge is 2.27. The van der Waals surface area contributed by atoms with Crippen molar-refractivity contribution in [3.63, 3.8) is 0 Å². The van der Waals surface area contributed by atoms with Gasteiger partial charge in [-0.1, -0.05) is 18.1 Å². The van der Waals surface area contributed by atoms with Gasteiger partial charge in [-0.15, -0.1) is 6.42 Å². The minimum Gasteiger partial charge on any atom is -0.451 e. The van der Waals surface area contributed by atoms with E-state index in [1.54, 1.807) is 6.07 Å². The smallest absolute Gasteiger partial charge is 0.227 e. The van der Waals surface area contributed by atoms with Crippen molar-refractivity contribution in [2.45, 2.75) is 19.8 Å². The minimum absolute atomic E-state index is 0.0654. The van der Waals surface area contributed by atoms with Crippen LogP contribution >= 0.6 is 0 Å². The molecule has 0 unspecified atom stereocenters. The number of hydrogen-bond donors (Lipinski definition) is 1. The number of likely N-dealkylation sites (tertiary alicyclic amines) is 1. The van der Waals surface area contributed by atoms with E-state index in [1.807, 2.05) is 18.2 Å². The molecule has 0 aliphatic carbocycles. The van der Waals surface area contributed by atoms with Crippen LogP contribution in [0.5, 0.6) is 0 Å². The van der Waals surface area contributed by atoms with Gasteiger partial charge in [-0.3, -0.25) is 14.5 Å². The molecule has 24 heavy (non-hydrogen) atoms. The topological polar surface area (TPSA) is 62.6 Å². The van der Waals surface area contributed by atoms with Crippen molar-refractivity contribution in [3.05, 3.63) is 30.0 Å². The zero-order valence-electron chi connectivity index (χ0n) is 13.7. The van der Waals surface area contributed by atoms with Gasteiger partial charge in [0, 0.05) is 18.2 Å². The van der Waals surface area contributed by atoms with Gasteiger partial charge in [0.2, 0.25) is 5.91 Å². The summed E-state index contributed by atoms with van der Waals surface area (Å²) in [6, 6.07) is 7.32. The zero-order valence-corrected chi connectivity index (χ0v) is 13.7. The van der Waals surface area contributed by atoms with Crippen molar-refractivity contribution in [2.75, 3.05) is 25.0 Å². The number of nitrogens with one attached hydrogen (secondary N) is 1. The highest BCUT2D eigenvalue weighted by molar-refractivity contribution is 6.11. The van der Waals surface area contributed by atoms with E-state index in [1.165, 1.54) is 6.92 Å². The number of benzene rings is 1. The van der Waals surface area contributed by atoms with E-state index >= 15 is 0 Å². The van der Waals surface area contributed by atoms with Crippen molar-refractivity contribution in [3.8, 4) is 12.3 Å². The molecule has 1 aromatic carbocycles. The summed E-state index contributed by atoms with van der Waals surface area (Å²) in [5, 5.41) is 3.67. The van der Waals surface area contributed by atoms with Crippen LogP contribution in [0.2, 0.25) is 0 Å². The molecule has 1 fully saturated rings. The van der Waals surface area contributed by atoms with Gasteiger partial charge < -0.3 is 9.73 Å². The van der Waals surface area contributed by atoms with E-state index in [4.69, 9.17) is 10.8 Å². The molecule has 1 N–H and O–H groups in total. The molecule has 1 aliphatic rings. The molecule has 1 aliphatic heterocycles. The van der Waals surface area contributed by atoms with Crippen LogP contribution in [0.3, 0.4) is 0 Å². The second-order valence-corrected chi connectivity index (χ2v) is 6.10.